The number of fused-ring (bicyclic) bond motifs is 1. The average molecular weight is 406 g/mol. The summed E-state index contributed by atoms with van der Waals surface area (Å²) in [5.41, 5.74) is 5.28. The van der Waals surface area contributed by atoms with Gasteiger partial charge in [0.15, 0.2) is 0 Å². The maximum Gasteiger partial charge on any atom is 0.269 e. The molecule has 1 aliphatic rings. The van der Waals surface area contributed by atoms with Crippen molar-refractivity contribution < 1.29 is 4.79 Å². The largest absolute Gasteiger partial charge is 0.354 e. The van der Waals surface area contributed by atoms with Crippen LogP contribution in [0.4, 0.5) is 0 Å². The number of nitrogens with zero attached hydrogens (tertiary/aromatic N) is 4. The molecule has 0 saturated carbocycles. The van der Waals surface area contributed by atoms with Gasteiger partial charge in [0.2, 0.25) is 5.78 Å². The lowest BCUT2D eigenvalue weighted by Gasteiger charge is -2.26. The lowest BCUT2D eigenvalue weighted by atomic mass is 9.98. The summed E-state index contributed by atoms with van der Waals surface area (Å²) in [5.74, 6) is 0.409. The Hall–Kier alpha value is -3.26. The Balaban J connectivity index is 1.47. The molecule has 0 aromatic carbocycles. The van der Waals surface area contributed by atoms with Crippen molar-refractivity contribution in [3.63, 3.8) is 0 Å². The van der Waals surface area contributed by atoms with E-state index in [9.17, 15) is 9.59 Å². The van der Waals surface area contributed by atoms with E-state index in [1.54, 1.807) is 13.1 Å². The van der Waals surface area contributed by atoms with E-state index in [2.05, 4.69) is 31.2 Å². The predicted octanol–water partition coefficient (Wildman–Crippen LogP) is 1.94. The normalized spacial score (nSPS) is 14.7. The third-order valence-corrected chi connectivity index (χ3v) is 5.55. The van der Waals surface area contributed by atoms with E-state index in [1.807, 2.05) is 36.7 Å². The minimum atomic E-state index is -0.173. The number of H-pyrrole nitrogens is 1. The van der Waals surface area contributed by atoms with Gasteiger partial charge in [-0.2, -0.15) is 0 Å². The van der Waals surface area contributed by atoms with E-state index in [0.717, 1.165) is 48.6 Å². The second-order valence-corrected chi connectivity index (χ2v) is 7.55. The second-order valence-electron chi connectivity index (χ2n) is 7.55. The van der Waals surface area contributed by atoms with Crippen LogP contribution in [0.5, 0.6) is 0 Å². The molecule has 1 amide bonds. The number of aryl methyl sites for hydroxylation is 2. The summed E-state index contributed by atoms with van der Waals surface area (Å²) in [4.78, 5) is 37.9. The molecule has 30 heavy (non-hydrogen) atoms. The number of pyridine rings is 1. The van der Waals surface area contributed by atoms with Crippen LogP contribution in [0.1, 0.15) is 46.3 Å². The minimum Gasteiger partial charge on any atom is -0.354 e. The van der Waals surface area contributed by atoms with Crippen molar-refractivity contribution in [2.45, 2.75) is 33.2 Å². The molecule has 0 unspecified atom stereocenters. The third-order valence-electron chi connectivity index (χ3n) is 5.55. The zero-order valence-electron chi connectivity index (χ0n) is 17.5. The lowest BCUT2D eigenvalue weighted by Crippen LogP contribution is -2.28. The van der Waals surface area contributed by atoms with Gasteiger partial charge < -0.3 is 5.32 Å². The predicted molar refractivity (Wildman–Crippen MR) is 115 cm³/mol. The van der Waals surface area contributed by atoms with Gasteiger partial charge in [0, 0.05) is 50.3 Å². The zero-order valence-corrected chi connectivity index (χ0v) is 17.5. The summed E-state index contributed by atoms with van der Waals surface area (Å²) < 4.78 is 1.89. The fraction of sp³-hybridized carbons (Fsp3) is 0.364. The molecule has 3 aromatic heterocycles. The van der Waals surface area contributed by atoms with Crippen LogP contribution in [0.3, 0.4) is 0 Å². The van der Waals surface area contributed by atoms with Gasteiger partial charge in [-0.25, -0.2) is 9.97 Å². The first-order chi connectivity index (χ1) is 14.5. The van der Waals surface area contributed by atoms with Crippen LogP contribution in [0.2, 0.25) is 0 Å². The molecule has 0 spiro atoms. The summed E-state index contributed by atoms with van der Waals surface area (Å²) in [6, 6.07) is 3.76. The van der Waals surface area contributed by atoms with E-state index in [0.29, 0.717) is 17.9 Å². The fourth-order valence-electron chi connectivity index (χ4n) is 3.86. The SMILES string of the molecule is CCc1cn2cc(CN3CC=C(c4ccc(C(=O)NC)nc4C)CC3)nc2[nH]c1=O. The number of imidazole rings is 1. The van der Waals surface area contributed by atoms with E-state index in [1.165, 1.54) is 5.57 Å². The third kappa shape index (κ3) is 3.91. The van der Waals surface area contributed by atoms with Crippen LogP contribution in [0.15, 0.2) is 35.4 Å². The Morgan fingerprint density at radius 3 is 2.77 bits per heavy atom. The summed E-state index contributed by atoms with van der Waals surface area (Å²) in [6.45, 7) is 6.36. The summed E-state index contributed by atoms with van der Waals surface area (Å²) >= 11 is 0. The van der Waals surface area contributed by atoms with Gasteiger partial charge >= 0.3 is 0 Å². The first-order valence-electron chi connectivity index (χ1n) is 10.2. The fourth-order valence-corrected chi connectivity index (χ4v) is 3.86. The van der Waals surface area contributed by atoms with Gasteiger partial charge in [-0.15, -0.1) is 0 Å². The molecule has 0 radical (unpaired) electrons. The first-order valence-corrected chi connectivity index (χ1v) is 10.2. The Bertz CT molecular complexity index is 1190. The lowest BCUT2D eigenvalue weighted by molar-refractivity contribution is 0.0958. The molecule has 3 aromatic rings. The summed E-state index contributed by atoms with van der Waals surface area (Å²) in [7, 11) is 1.61. The highest BCUT2D eigenvalue weighted by Crippen LogP contribution is 2.25. The molecule has 0 atom stereocenters. The van der Waals surface area contributed by atoms with E-state index in [4.69, 9.17) is 0 Å². The Morgan fingerprint density at radius 2 is 2.10 bits per heavy atom. The molecule has 1 aliphatic heterocycles. The van der Waals surface area contributed by atoms with Crippen LogP contribution in [-0.2, 0) is 13.0 Å². The highest BCUT2D eigenvalue weighted by Gasteiger charge is 2.17. The van der Waals surface area contributed by atoms with Crippen LogP contribution in [0, 0.1) is 6.92 Å². The van der Waals surface area contributed by atoms with Crippen LogP contribution >= 0.6 is 0 Å². The van der Waals surface area contributed by atoms with Crippen molar-refractivity contribution in [2.75, 3.05) is 20.1 Å². The monoisotopic (exact) mass is 406 g/mol. The molecule has 156 valence electrons. The highest BCUT2D eigenvalue weighted by molar-refractivity contribution is 5.92. The number of carbonyl (C=O) groups is 1. The van der Waals surface area contributed by atoms with Gasteiger partial charge in [-0.3, -0.25) is 23.9 Å². The topological polar surface area (TPSA) is 95.4 Å². The summed E-state index contributed by atoms with van der Waals surface area (Å²) in [6.07, 6.45) is 7.66. The van der Waals surface area contributed by atoms with Crippen molar-refractivity contribution in [3.05, 3.63) is 69.2 Å². The zero-order chi connectivity index (χ0) is 21.3. The first kappa shape index (κ1) is 20.0. The van der Waals surface area contributed by atoms with Crippen LogP contribution < -0.4 is 10.9 Å². The Kier molecular flexibility index (Phi) is 5.50. The number of aromatic nitrogens is 4. The van der Waals surface area contributed by atoms with Gasteiger partial charge in [0.05, 0.1) is 5.69 Å². The minimum absolute atomic E-state index is 0.0703. The van der Waals surface area contributed by atoms with Gasteiger partial charge in [0.25, 0.3) is 11.5 Å². The number of aromatic amines is 1. The van der Waals surface area contributed by atoms with E-state index in [-0.39, 0.29) is 11.5 Å². The van der Waals surface area contributed by atoms with Crippen LogP contribution in [-0.4, -0.2) is 50.3 Å². The second kappa shape index (κ2) is 8.23. The average Bonchev–Trinajstić information content (AvgIpc) is 3.14. The highest BCUT2D eigenvalue weighted by atomic mass is 16.1. The standard InChI is InChI=1S/C22H26N6O2/c1-4-15-11-28-13-17(25-22(28)26-20(15)29)12-27-9-7-16(8-10-27)18-5-6-19(21(30)23-3)24-14(18)2/h5-7,11,13H,4,8-10,12H2,1-3H3,(H,23,30)(H,25,26,29). The van der Waals surface area contributed by atoms with Crippen molar-refractivity contribution in [1.29, 1.82) is 0 Å². The molecule has 8 nitrogen and oxygen atoms in total. The van der Waals surface area contributed by atoms with Crippen LogP contribution in [0.25, 0.3) is 11.4 Å². The number of amides is 1. The van der Waals surface area contributed by atoms with Crippen molar-refractivity contribution in [2.24, 2.45) is 0 Å². The molecule has 4 heterocycles. The maximum absolute atomic E-state index is 12.0. The number of nitrogens with one attached hydrogen (secondary N) is 2. The number of carbonyl (C=O) groups excluding carboxylic acids is 1. The molecule has 0 fully saturated rings. The number of hydrogen-bond donors (Lipinski definition) is 2. The molecule has 0 saturated heterocycles. The van der Waals surface area contributed by atoms with Crippen molar-refractivity contribution >= 4 is 17.3 Å². The van der Waals surface area contributed by atoms with Gasteiger partial charge in [-0.05, 0) is 37.0 Å². The van der Waals surface area contributed by atoms with E-state index >= 15 is 0 Å². The summed E-state index contributed by atoms with van der Waals surface area (Å²) in [5, 5.41) is 2.61. The molecule has 2 N–H and O–H groups in total. The van der Waals surface area contributed by atoms with Gasteiger partial charge in [0.1, 0.15) is 5.69 Å². The molecule has 0 aliphatic carbocycles. The molecule has 8 heteroatoms. The quantitative estimate of drug-likeness (QED) is 0.675. The van der Waals surface area contributed by atoms with Crippen molar-refractivity contribution in [3.8, 4) is 0 Å². The number of hydrogen-bond acceptors (Lipinski definition) is 5. The number of rotatable bonds is 5. The molecule has 0 bridgehead atoms. The Morgan fingerprint density at radius 1 is 1.27 bits per heavy atom. The molecular formula is C22H26N6O2. The molecule has 4 rings (SSSR count). The smallest absolute Gasteiger partial charge is 0.269 e. The molecular weight excluding hydrogens is 380 g/mol. The van der Waals surface area contributed by atoms with Crippen molar-refractivity contribution in [1.82, 2.24) is 29.6 Å². The maximum atomic E-state index is 12.0. The van der Waals surface area contributed by atoms with E-state index < -0.39 is 0 Å². The van der Waals surface area contributed by atoms with Gasteiger partial charge in [-0.1, -0.05) is 19.1 Å². The Labute approximate surface area is 174 Å².